The van der Waals surface area contributed by atoms with Gasteiger partial charge >= 0.3 is 11.9 Å². The zero-order chi connectivity index (χ0) is 31.9. The van der Waals surface area contributed by atoms with E-state index in [0.717, 1.165) is 13.2 Å². The lowest BCUT2D eigenvalue weighted by molar-refractivity contribution is 0.0721. The normalized spacial score (nSPS) is 17.6. The van der Waals surface area contributed by atoms with Crippen LogP contribution < -0.4 is 28.4 Å². The summed E-state index contributed by atoms with van der Waals surface area (Å²) >= 11 is 0. The first-order valence-electron chi connectivity index (χ1n) is 15.0. The summed E-state index contributed by atoms with van der Waals surface area (Å²) in [5.74, 6) is 2.40. The van der Waals surface area contributed by atoms with Crippen LogP contribution in [0.2, 0.25) is 0 Å². The second-order valence-corrected chi connectivity index (χ2v) is 10.9. The zero-order valence-corrected chi connectivity index (χ0v) is 25.5. The van der Waals surface area contributed by atoms with Gasteiger partial charge in [0.05, 0.1) is 24.3 Å². The van der Waals surface area contributed by atoms with Crippen LogP contribution in [0.25, 0.3) is 0 Å². The maximum absolute atomic E-state index is 12.6. The number of ether oxygens (including phenoxy) is 8. The molecular weight excluding hydrogens is 592 g/mol. The van der Waals surface area contributed by atoms with E-state index < -0.39 is 11.9 Å². The molecule has 4 atom stereocenters. The summed E-state index contributed by atoms with van der Waals surface area (Å²) in [5, 5.41) is 0. The van der Waals surface area contributed by atoms with Crippen molar-refractivity contribution in [1.82, 2.24) is 0 Å². The number of rotatable bonds is 15. The Bertz CT molecular complexity index is 1470. The predicted octanol–water partition coefficient (Wildman–Crippen LogP) is 5.92. The minimum absolute atomic E-state index is 0.171. The van der Waals surface area contributed by atoms with Crippen molar-refractivity contribution in [3.8, 4) is 34.5 Å². The average Bonchev–Trinajstić information content (AvgIpc) is 4.01. The third-order valence-electron chi connectivity index (χ3n) is 7.23. The van der Waals surface area contributed by atoms with Crippen molar-refractivity contribution in [2.75, 3.05) is 26.4 Å². The fourth-order valence-electron chi connectivity index (χ4n) is 4.21. The van der Waals surface area contributed by atoms with Crippen LogP contribution in [0.1, 0.15) is 34.6 Å². The third-order valence-corrected chi connectivity index (χ3v) is 7.23. The van der Waals surface area contributed by atoms with Crippen molar-refractivity contribution >= 4 is 11.9 Å². The molecule has 4 aromatic carbocycles. The Hall–Kier alpha value is -5.06. The standard InChI is InChI=1S/C36H34O10/c1-23(43-29-7-3-25(4-8-29)35(37)45-31-15-11-27(12-16-31)39-19-33-21-41-33)24(2)44-30-9-5-26(6-10-30)36(38)46-32-17-13-28(14-18-32)40-20-34-22-42-34/h3-18,23-24,33-34H,19-22H2,1-2H3. The molecule has 10 nitrogen and oxygen atoms in total. The molecule has 2 saturated heterocycles. The molecule has 2 heterocycles. The summed E-state index contributed by atoms with van der Waals surface area (Å²) in [4.78, 5) is 25.2. The lowest BCUT2D eigenvalue weighted by Gasteiger charge is -2.23. The number of benzene rings is 4. The van der Waals surface area contributed by atoms with Crippen molar-refractivity contribution in [2.24, 2.45) is 0 Å². The van der Waals surface area contributed by atoms with Crippen molar-refractivity contribution in [1.29, 1.82) is 0 Å². The molecular formula is C36H34O10. The third kappa shape index (κ3) is 8.99. The summed E-state index contributed by atoms with van der Waals surface area (Å²) < 4.78 is 44.5. The SMILES string of the molecule is CC(Oc1ccc(C(=O)Oc2ccc(OCC3CO3)cc2)cc1)C(C)Oc1ccc(C(=O)Oc2ccc(OCC3CO3)cc2)cc1. The predicted molar refractivity (Wildman–Crippen MR) is 166 cm³/mol. The van der Waals surface area contributed by atoms with Crippen LogP contribution in [0, 0.1) is 0 Å². The number of hydrogen-bond acceptors (Lipinski definition) is 10. The summed E-state index contributed by atoms with van der Waals surface area (Å²) in [5.41, 5.74) is 0.777. The van der Waals surface area contributed by atoms with Gasteiger partial charge in [0, 0.05) is 0 Å². The lowest BCUT2D eigenvalue weighted by atomic mass is 10.2. The van der Waals surface area contributed by atoms with Gasteiger partial charge in [-0.1, -0.05) is 0 Å². The van der Waals surface area contributed by atoms with E-state index in [2.05, 4.69) is 0 Å². The van der Waals surface area contributed by atoms with Gasteiger partial charge in [-0.15, -0.1) is 0 Å². The Morgan fingerprint density at radius 1 is 0.543 bits per heavy atom. The lowest BCUT2D eigenvalue weighted by Crippen LogP contribution is -2.31. The Balaban J connectivity index is 0.935. The molecule has 0 bridgehead atoms. The van der Waals surface area contributed by atoms with Gasteiger partial charge in [0.1, 0.15) is 72.1 Å². The van der Waals surface area contributed by atoms with E-state index in [9.17, 15) is 9.59 Å². The highest BCUT2D eigenvalue weighted by Crippen LogP contribution is 2.24. The largest absolute Gasteiger partial charge is 0.491 e. The Kier molecular flexibility index (Phi) is 9.66. The maximum atomic E-state index is 12.6. The van der Waals surface area contributed by atoms with Crippen LogP contribution in [0.5, 0.6) is 34.5 Å². The number of epoxide rings is 2. The summed E-state index contributed by atoms with van der Waals surface area (Å²) in [6, 6.07) is 27.2. The molecule has 0 aromatic heterocycles. The van der Waals surface area contributed by atoms with Crippen LogP contribution in [0.15, 0.2) is 97.1 Å². The van der Waals surface area contributed by atoms with Gasteiger partial charge in [-0.25, -0.2) is 9.59 Å². The topological polar surface area (TPSA) is 115 Å². The molecule has 0 spiro atoms. The molecule has 6 rings (SSSR count). The van der Waals surface area contributed by atoms with Gasteiger partial charge in [0.2, 0.25) is 0 Å². The molecule has 0 amide bonds. The first-order valence-corrected chi connectivity index (χ1v) is 15.0. The van der Waals surface area contributed by atoms with E-state index >= 15 is 0 Å². The van der Waals surface area contributed by atoms with Gasteiger partial charge in [0.25, 0.3) is 0 Å². The molecule has 238 valence electrons. The molecule has 4 aromatic rings. The van der Waals surface area contributed by atoms with Gasteiger partial charge in [-0.05, 0) is 111 Å². The first-order chi connectivity index (χ1) is 22.4. The van der Waals surface area contributed by atoms with E-state index in [1.807, 2.05) is 13.8 Å². The molecule has 2 fully saturated rings. The summed E-state index contributed by atoms with van der Waals surface area (Å²) in [7, 11) is 0. The van der Waals surface area contributed by atoms with Crippen LogP contribution in [0.4, 0.5) is 0 Å². The van der Waals surface area contributed by atoms with Crippen molar-refractivity contribution in [3.63, 3.8) is 0 Å². The first kappa shape index (κ1) is 30.9. The number of carbonyl (C=O) groups excluding carboxylic acids is 2. The zero-order valence-electron chi connectivity index (χ0n) is 25.5. The number of hydrogen-bond donors (Lipinski definition) is 0. The van der Waals surface area contributed by atoms with Crippen LogP contribution >= 0.6 is 0 Å². The van der Waals surface area contributed by atoms with Gasteiger partial charge in [-0.2, -0.15) is 0 Å². The molecule has 46 heavy (non-hydrogen) atoms. The van der Waals surface area contributed by atoms with E-state index in [4.69, 9.17) is 37.9 Å². The van der Waals surface area contributed by atoms with Crippen LogP contribution in [0.3, 0.4) is 0 Å². The number of esters is 2. The molecule has 0 aliphatic carbocycles. The quantitative estimate of drug-likeness (QED) is 0.0896. The second-order valence-electron chi connectivity index (χ2n) is 10.9. The average molecular weight is 627 g/mol. The van der Waals surface area contributed by atoms with E-state index in [0.29, 0.717) is 58.8 Å². The summed E-state index contributed by atoms with van der Waals surface area (Å²) in [6.45, 7) is 6.25. The molecule has 0 radical (unpaired) electrons. The fourth-order valence-corrected chi connectivity index (χ4v) is 4.21. The minimum atomic E-state index is -0.480. The number of carbonyl (C=O) groups is 2. The maximum Gasteiger partial charge on any atom is 0.343 e. The van der Waals surface area contributed by atoms with Gasteiger partial charge in [-0.3, -0.25) is 0 Å². The molecule has 10 heteroatoms. The van der Waals surface area contributed by atoms with Crippen molar-refractivity contribution in [2.45, 2.75) is 38.3 Å². The molecule has 0 saturated carbocycles. The Labute approximate surface area is 266 Å². The monoisotopic (exact) mass is 626 g/mol. The van der Waals surface area contributed by atoms with E-state index in [1.165, 1.54) is 0 Å². The highest BCUT2D eigenvalue weighted by molar-refractivity contribution is 5.91. The minimum Gasteiger partial charge on any atom is -0.491 e. The van der Waals surface area contributed by atoms with E-state index in [1.54, 1.807) is 97.1 Å². The highest BCUT2D eigenvalue weighted by Gasteiger charge is 2.24. The second kappa shape index (κ2) is 14.4. The van der Waals surface area contributed by atoms with Crippen molar-refractivity contribution in [3.05, 3.63) is 108 Å². The summed E-state index contributed by atoms with van der Waals surface area (Å²) in [6.07, 6.45) is -0.300. The highest BCUT2D eigenvalue weighted by atomic mass is 16.6. The van der Waals surface area contributed by atoms with Gasteiger partial charge < -0.3 is 37.9 Å². The van der Waals surface area contributed by atoms with Crippen molar-refractivity contribution < 1.29 is 47.5 Å². The van der Waals surface area contributed by atoms with Crippen LogP contribution in [-0.4, -0.2) is 62.8 Å². The fraction of sp³-hybridized carbons (Fsp3) is 0.278. The Morgan fingerprint density at radius 2 is 0.848 bits per heavy atom. The molecule has 4 unspecified atom stereocenters. The smallest absolute Gasteiger partial charge is 0.343 e. The van der Waals surface area contributed by atoms with E-state index in [-0.39, 0.29) is 24.4 Å². The van der Waals surface area contributed by atoms with Gasteiger partial charge in [0.15, 0.2) is 0 Å². The molecule has 2 aliphatic heterocycles. The molecule has 0 N–H and O–H groups in total. The Morgan fingerprint density at radius 3 is 1.17 bits per heavy atom. The molecule has 2 aliphatic rings. The van der Waals surface area contributed by atoms with Crippen LogP contribution in [-0.2, 0) is 9.47 Å².